The number of para-hydroxylation sites is 1. The number of benzene rings is 1. The monoisotopic (exact) mass is 359 g/mol. The van der Waals surface area contributed by atoms with Crippen molar-refractivity contribution < 1.29 is 43.1 Å². The van der Waals surface area contributed by atoms with Gasteiger partial charge in [-0.2, -0.15) is 0 Å². The third kappa shape index (κ3) is 3.86. The Hall–Kier alpha value is -2.53. The maximum atomic E-state index is 11.4. The van der Waals surface area contributed by atoms with E-state index in [2.05, 4.69) is 20.1 Å². The third-order valence-corrected chi connectivity index (χ3v) is 3.20. The summed E-state index contributed by atoms with van der Waals surface area (Å²) < 4.78 is 6.22. The first kappa shape index (κ1) is 21.5. The molecule has 24 heavy (non-hydrogen) atoms. The van der Waals surface area contributed by atoms with Crippen LogP contribution in [0.15, 0.2) is 29.4 Å². The van der Waals surface area contributed by atoms with Gasteiger partial charge in [0.2, 0.25) is 0 Å². The van der Waals surface area contributed by atoms with Crippen LogP contribution in [0.1, 0.15) is 0 Å². The van der Waals surface area contributed by atoms with Gasteiger partial charge in [-0.15, -0.1) is 5.43 Å². The number of primary amides is 1. The number of anilines is 1. The molecule has 2 aromatic rings. The molecule has 1 aliphatic rings. The second-order valence-electron chi connectivity index (χ2n) is 4.47. The van der Waals surface area contributed by atoms with Gasteiger partial charge in [0.05, 0.1) is 12.6 Å². The molecular weight excluding hydrogens is 342 g/mol. The molecule has 0 saturated carbocycles. The van der Waals surface area contributed by atoms with E-state index in [1.54, 1.807) is 0 Å². The molecule has 0 radical (unpaired) electrons. The van der Waals surface area contributed by atoms with Crippen molar-refractivity contribution in [3.05, 3.63) is 29.9 Å². The number of esters is 1. The van der Waals surface area contributed by atoms with E-state index in [1.165, 1.54) is 0 Å². The first-order chi connectivity index (χ1) is 10.2. The van der Waals surface area contributed by atoms with E-state index in [0.717, 1.165) is 35.8 Å². The van der Waals surface area contributed by atoms with Gasteiger partial charge in [0.25, 0.3) is 5.62 Å². The number of amides is 1. The van der Waals surface area contributed by atoms with E-state index < -0.39 is 11.9 Å². The van der Waals surface area contributed by atoms with Gasteiger partial charge in [-0.3, -0.25) is 4.57 Å². The number of aromatic nitrogens is 2. The molecule has 0 saturated heterocycles. The molecular formula is C13H18ClN5O5. The quantitative estimate of drug-likeness (QED) is 0.223. The number of nitrogens with one attached hydrogen (secondary N) is 1. The van der Waals surface area contributed by atoms with Crippen molar-refractivity contribution in [2.45, 2.75) is 6.54 Å². The van der Waals surface area contributed by atoms with E-state index >= 15 is 0 Å². The Labute approximate surface area is 142 Å². The van der Waals surface area contributed by atoms with Gasteiger partial charge >= 0.3 is 11.9 Å². The molecule has 7 N–H and O–H groups in total. The molecule has 1 aromatic heterocycles. The fourth-order valence-corrected chi connectivity index (χ4v) is 2.24. The Kier molecular flexibility index (Phi) is 7.99. The lowest BCUT2D eigenvalue weighted by atomic mass is 10.2. The summed E-state index contributed by atoms with van der Waals surface area (Å²) in [7, 11) is 1.15. The van der Waals surface area contributed by atoms with Crippen LogP contribution in [0, 0.1) is 0 Å². The lowest BCUT2D eigenvalue weighted by Crippen LogP contribution is -3.00. The predicted molar refractivity (Wildman–Crippen MR) is 80.0 cm³/mol. The van der Waals surface area contributed by atoms with Crippen LogP contribution >= 0.6 is 0 Å². The van der Waals surface area contributed by atoms with Gasteiger partial charge in [-0.05, 0) is 17.2 Å². The predicted octanol–water partition coefficient (Wildman–Crippen LogP) is -6.10. The van der Waals surface area contributed by atoms with E-state index in [-0.39, 0.29) is 23.4 Å². The van der Waals surface area contributed by atoms with E-state index in [1.807, 2.05) is 28.8 Å². The second kappa shape index (κ2) is 8.93. The summed E-state index contributed by atoms with van der Waals surface area (Å²) in [6.07, 6.45) is 0. The molecule has 2 heterocycles. The molecule has 1 aliphatic heterocycles. The van der Waals surface area contributed by atoms with Crippen molar-refractivity contribution in [2.24, 2.45) is 5.10 Å². The van der Waals surface area contributed by atoms with Crippen LogP contribution < -0.4 is 28.8 Å². The summed E-state index contributed by atoms with van der Waals surface area (Å²) in [4.78, 5) is 26.9. The Morgan fingerprint density at radius 3 is 2.75 bits per heavy atom. The average molecular weight is 360 g/mol. The van der Waals surface area contributed by atoms with Crippen LogP contribution in [0.4, 0.5) is 5.82 Å². The molecule has 0 aliphatic carbocycles. The highest BCUT2D eigenvalue weighted by Gasteiger charge is 2.20. The van der Waals surface area contributed by atoms with Gasteiger partial charge < -0.3 is 33.4 Å². The summed E-state index contributed by atoms with van der Waals surface area (Å²) in [5.74, 6) is -0.842. The first-order valence-electron chi connectivity index (χ1n) is 6.43. The molecule has 1 aromatic carbocycles. The highest BCUT2D eigenvalue weighted by molar-refractivity contribution is 6.27. The van der Waals surface area contributed by atoms with E-state index in [4.69, 9.17) is 0 Å². The number of hydrogen-bond acceptors (Lipinski definition) is 6. The standard InChI is InChI=1S/C13H13N5O3.ClH.2H2O/c1-21-12(20)11(19)16-17-13-15-9-5-3-2-4-8(9)10-14-6-7-18(10)13;;;/h2-5,14H,6-7H2,1H3,(H,16,19);1H;2*1H2/b17-13+;;;. The minimum atomic E-state index is -0.945. The molecule has 11 heteroatoms. The summed E-state index contributed by atoms with van der Waals surface area (Å²) in [5.41, 5.74) is 2.09. The lowest BCUT2D eigenvalue weighted by molar-refractivity contribution is -0.575. The number of nitrogens with two attached hydrogens (primary N) is 1. The van der Waals surface area contributed by atoms with Gasteiger partial charge in [-0.25, -0.2) is 14.6 Å². The molecule has 0 bridgehead atoms. The van der Waals surface area contributed by atoms with E-state index in [9.17, 15) is 9.59 Å². The highest BCUT2D eigenvalue weighted by atomic mass is 35.5. The maximum absolute atomic E-state index is 11.4. The smallest absolute Gasteiger partial charge is 0.446 e. The molecule has 1 amide bonds. The van der Waals surface area contributed by atoms with Gasteiger partial charge in [0.15, 0.2) is 0 Å². The van der Waals surface area contributed by atoms with Crippen molar-refractivity contribution >= 4 is 28.6 Å². The van der Waals surface area contributed by atoms with Crippen molar-refractivity contribution in [1.29, 1.82) is 0 Å². The van der Waals surface area contributed by atoms with E-state index in [0.29, 0.717) is 12.2 Å². The number of fused-ring (bicyclic) bond motifs is 3. The summed E-state index contributed by atoms with van der Waals surface area (Å²) in [5, 5.41) is 8.30. The number of methoxy groups -OCH3 is 1. The zero-order chi connectivity index (χ0) is 14.8. The molecule has 0 unspecified atom stereocenters. The zero-order valence-electron chi connectivity index (χ0n) is 12.7. The first-order valence-corrected chi connectivity index (χ1v) is 6.43. The molecule has 10 nitrogen and oxygen atoms in total. The number of halogens is 1. The molecule has 3 rings (SSSR count). The van der Waals surface area contributed by atoms with Crippen molar-refractivity contribution in [2.75, 3.05) is 19.0 Å². The average Bonchev–Trinajstić information content (AvgIpc) is 3.01. The van der Waals surface area contributed by atoms with Crippen LogP contribution in [0.3, 0.4) is 0 Å². The van der Waals surface area contributed by atoms with Crippen molar-refractivity contribution in [3.8, 4) is 0 Å². The Morgan fingerprint density at radius 1 is 1.33 bits per heavy atom. The Balaban J connectivity index is 0.00000176. The summed E-state index contributed by atoms with van der Waals surface area (Å²) in [6.45, 7) is 1.47. The van der Waals surface area contributed by atoms with Crippen molar-refractivity contribution in [1.82, 2.24) is 9.55 Å². The number of carbonyl (C=O) groups is 2. The third-order valence-electron chi connectivity index (χ3n) is 3.20. The topological polar surface area (TPSA) is 165 Å². The van der Waals surface area contributed by atoms with Gasteiger partial charge in [0.1, 0.15) is 5.82 Å². The van der Waals surface area contributed by atoms with Gasteiger partial charge in [-0.1, -0.05) is 12.1 Å². The van der Waals surface area contributed by atoms with Crippen LogP contribution in [-0.2, 0) is 20.9 Å². The fourth-order valence-electron chi connectivity index (χ4n) is 2.24. The Morgan fingerprint density at radius 2 is 2.04 bits per heavy atom. The number of hydrogen-bond donors (Lipinski definition) is 2. The maximum Gasteiger partial charge on any atom is 0.446 e. The molecule has 0 fully saturated rings. The largest absolute Gasteiger partial charge is 1.00 e. The van der Waals surface area contributed by atoms with Gasteiger partial charge in [0, 0.05) is 18.5 Å². The van der Waals surface area contributed by atoms with Crippen LogP contribution in [-0.4, -0.2) is 46.0 Å². The lowest BCUT2D eigenvalue weighted by Gasteiger charge is -2.06. The fraction of sp³-hybridized carbons (Fsp3) is 0.231. The van der Waals surface area contributed by atoms with Crippen LogP contribution in [0.5, 0.6) is 0 Å². The van der Waals surface area contributed by atoms with Crippen LogP contribution in [0.2, 0.25) is 0 Å². The molecule has 0 atom stereocenters. The normalized spacial score (nSPS) is 12.1. The SMILES string of the molecule is COC(=O)C(=O)[NH2+]/N=c1\nc2ccccc2c2n1CCN2.O.O.[Cl-]. The minimum absolute atomic E-state index is 0. The minimum Gasteiger partial charge on any atom is -1.00 e. The highest BCUT2D eigenvalue weighted by Crippen LogP contribution is 2.22. The van der Waals surface area contributed by atoms with Crippen molar-refractivity contribution in [3.63, 3.8) is 0 Å². The number of carbonyl (C=O) groups excluding carboxylic acids is 2. The number of nitrogens with zero attached hydrogens (tertiary/aromatic N) is 3. The number of ether oxygens (including phenoxy) is 1. The number of rotatable bonds is 1. The Bertz CT molecular complexity index is 807. The number of quaternary nitrogens is 1. The molecule has 132 valence electrons. The molecule has 0 spiro atoms. The second-order valence-corrected chi connectivity index (χ2v) is 4.47. The summed E-state index contributed by atoms with van der Waals surface area (Å²) in [6, 6.07) is 7.67. The zero-order valence-corrected chi connectivity index (χ0v) is 13.5. The van der Waals surface area contributed by atoms with Crippen LogP contribution in [0.25, 0.3) is 10.9 Å². The summed E-state index contributed by atoms with van der Waals surface area (Å²) >= 11 is 0.